The molecule has 0 spiro atoms. The molecule has 1 aromatic carbocycles. The number of benzene rings is 1. The molecule has 19 heavy (non-hydrogen) atoms. The number of fused-ring (bicyclic) bond motifs is 1. The maximum atomic E-state index is 12.4. The molecule has 0 N–H and O–H groups in total. The topological polar surface area (TPSA) is 42.9 Å². The van der Waals surface area contributed by atoms with Gasteiger partial charge in [0, 0.05) is 29.5 Å². The van der Waals surface area contributed by atoms with Crippen LogP contribution in [-0.4, -0.2) is 15.8 Å². The molecule has 92 valence electrons. The minimum Gasteiger partial charge on any atom is -0.288 e. The molecule has 3 aromatic rings. The van der Waals surface area contributed by atoms with Crippen LogP contribution >= 0.6 is 11.6 Å². The smallest absolute Gasteiger partial charge is 0.196 e. The SMILES string of the molecule is O=C(c1ccccc1)c1cnc2ccncc2c1Cl. The maximum Gasteiger partial charge on any atom is 0.196 e. The van der Waals surface area contributed by atoms with Crippen LogP contribution in [0.25, 0.3) is 10.9 Å². The van der Waals surface area contributed by atoms with Gasteiger partial charge in [0.2, 0.25) is 0 Å². The van der Waals surface area contributed by atoms with E-state index in [-0.39, 0.29) is 5.78 Å². The Labute approximate surface area is 114 Å². The summed E-state index contributed by atoms with van der Waals surface area (Å²) in [5.41, 5.74) is 1.72. The second-order valence-electron chi connectivity index (χ2n) is 4.07. The number of carbonyl (C=O) groups excluding carboxylic acids is 1. The molecule has 0 aliphatic heterocycles. The van der Waals surface area contributed by atoms with Gasteiger partial charge in [0.1, 0.15) is 0 Å². The predicted octanol–water partition coefficient (Wildman–Crippen LogP) is 3.51. The van der Waals surface area contributed by atoms with E-state index in [1.807, 2.05) is 18.2 Å². The molecule has 2 heterocycles. The normalized spacial score (nSPS) is 10.6. The molecular formula is C15H9ClN2O. The first-order valence-electron chi connectivity index (χ1n) is 5.75. The lowest BCUT2D eigenvalue weighted by atomic mass is 10.0. The van der Waals surface area contributed by atoms with Crippen LogP contribution in [0.5, 0.6) is 0 Å². The average Bonchev–Trinajstić information content (AvgIpc) is 2.48. The Bertz CT molecular complexity index is 756. The van der Waals surface area contributed by atoms with Gasteiger partial charge in [-0.3, -0.25) is 14.8 Å². The van der Waals surface area contributed by atoms with Crippen LogP contribution in [0.2, 0.25) is 5.02 Å². The molecule has 0 unspecified atom stereocenters. The molecule has 0 atom stereocenters. The zero-order chi connectivity index (χ0) is 13.2. The minimum atomic E-state index is -0.135. The number of rotatable bonds is 2. The lowest BCUT2D eigenvalue weighted by Gasteiger charge is -2.06. The Morgan fingerprint density at radius 2 is 1.84 bits per heavy atom. The minimum absolute atomic E-state index is 0.135. The van der Waals surface area contributed by atoms with Crippen molar-refractivity contribution in [2.45, 2.75) is 0 Å². The Hall–Kier alpha value is -2.26. The third-order valence-electron chi connectivity index (χ3n) is 2.88. The highest BCUT2D eigenvalue weighted by Crippen LogP contribution is 2.26. The molecule has 0 amide bonds. The molecule has 0 saturated carbocycles. The third-order valence-corrected chi connectivity index (χ3v) is 3.29. The number of aromatic nitrogens is 2. The van der Waals surface area contributed by atoms with Crippen molar-refractivity contribution in [3.8, 4) is 0 Å². The molecule has 0 radical (unpaired) electrons. The summed E-state index contributed by atoms with van der Waals surface area (Å²) in [6, 6.07) is 10.8. The number of hydrogen-bond acceptors (Lipinski definition) is 3. The number of ketones is 1. The van der Waals surface area contributed by atoms with Gasteiger partial charge in [-0.1, -0.05) is 41.9 Å². The molecule has 4 heteroatoms. The molecule has 3 rings (SSSR count). The summed E-state index contributed by atoms with van der Waals surface area (Å²) >= 11 is 6.29. The van der Waals surface area contributed by atoms with Crippen LogP contribution < -0.4 is 0 Å². The Kier molecular flexibility index (Phi) is 2.97. The molecule has 0 saturated heterocycles. The summed E-state index contributed by atoms with van der Waals surface area (Å²) in [6.45, 7) is 0. The van der Waals surface area contributed by atoms with Crippen LogP contribution in [0.3, 0.4) is 0 Å². The highest BCUT2D eigenvalue weighted by Gasteiger charge is 2.15. The first-order valence-corrected chi connectivity index (χ1v) is 6.13. The van der Waals surface area contributed by atoms with E-state index >= 15 is 0 Å². The van der Waals surface area contributed by atoms with Gasteiger partial charge in [0.25, 0.3) is 0 Å². The second-order valence-corrected chi connectivity index (χ2v) is 4.45. The van der Waals surface area contributed by atoms with E-state index < -0.39 is 0 Å². The van der Waals surface area contributed by atoms with E-state index in [2.05, 4.69) is 9.97 Å². The van der Waals surface area contributed by atoms with Crippen LogP contribution in [0.1, 0.15) is 15.9 Å². The van der Waals surface area contributed by atoms with E-state index in [0.29, 0.717) is 21.5 Å². The fraction of sp³-hybridized carbons (Fsp3) is 0. The zero-order valence-corrected chi connectivity index (χ0v) is 10.6. The van der Waals surface area contributed by atoms with Crippen LogP contribution in [-0.2, 0) is 0 Å². The summed E-state index contributed by atoms with van der Waals surface area (Å²) in [6.07, 6.45) is 4.77. The number of pyridine rings is 2. The number of hydrogen-bond donors (Lipinski definition) is 0. The van der Waals surface area contributed by atoms with Gasteiger partial charge < -0.3 is 0 Å². The molecule has 2 aromatic heterocycles. The third kappa shape index (κ3) is 2.09. The first-order chi connectivity index (χ1) is 9.27. The van der Waals surface area contributed by atoms with Crippen molar-refractivity contribution in [3.63, 3.8) is 0 Å². The van der Waals surface area contributed by atoms with Gasteiger partial charge in [-0.2, -0.15) is 0 Å². The quantitative estimate of drug-likeness (QED) is 0.668. The van der Waals surface area contributed by atoms with Crippen molar-refractivity contribution in [1.29, 1.82) is 0 Å². The molecular weight excluding hydrogens is 260 g/mol. The van der Waals surface area contributed by atoms with Crippen molar-refractivity contribution in [3.05, 3.63) is 71.1 Å². The molecule has 3 nitrogen and oxygen atoms in total. The molecule has 0 fully saturated rings. The van der Waals surface area contributed by atoms with E-state index in [1.165, 1.54) is 6.20 Å². The van der Waals surface area contributed by atoms with Gasteiger partial charge in [-0.05, 0) is 6.07 Å². The fourth-order valence-electron chi connectivity index (χ4n) is 1.91. The summed E-state index contributed by atoms with van der Waals surface area (Å²) < 4.78 is 0. The van der Waals surface area contributed by atoms with Gasteiger partial charge in [0.05, 0.1) is 16.1 Å². The van der Waals surface area contributed by atoms with Crippen molar-refractivity contribution in [2.24, 2.45) is 0 Å². The first kappa shape index (κ1) is 11.8. The van der Waals surface area contributed by atoms with E-state index in [0.717, 1.165) is 5.52 Å². The number of carbonyl (C=O) groups is 1. The van der Waals surface area contributed by atoms with Crippen LogP contribution in [0.4, 0.5) is 0 Å². The van der Waals surface area contributed by atoms with Gasteiger partial charge >= 0.3 is 0 Å². The van der Waals surface area contributed by atoms with Crippen molar-refractivity contribution >= 4 is 28.3 Å². The van der Waals surface area contributed by atoms with Crippen molar-refractivity contribution in [1.82, 2.24) is 9.97 Å². The highest BCUT2D eigenvalue weighted by atomic mass is 35.5. The summed E-state index contributed by atoms with van der Waals surface area (Å²) in [4.78, 5) is 20.6. The van der Waals surface area contributed by atoms with Crippen LogP contribution in [0.15, 0.2) is 55.0 Å². The Balaban J connectivity index is 2.16. The summed E-state index contributed by atoms with van der Waals surface area (Å²) in [5.74, 6) is -0.135. The monoisotopic (exact) mass is 268 g/mol. The van der Waals surface area contributed by atoms with E-state index in [1.54, 1.807) is 30.6 Å². The standard InChI is InChI=1S/C15H9ClN2O/c16-14-11-8-17-7-6-13(11)18-9-12(14)15(19)10-4-2-1-3-5-10/h1-9H. The maximum absolute atomic E-state index is 12.4. The molecule has 0 bridgehead atoms. The van der Waals surface area contributed by atoms with Gasteiger partial charge in [-0.25, -0.2) is 0 Å². The number of nitrogens with zero attached hydrogens (tertiary/aromatic N) is 2. The largest absolute Gasteiger partial charge is 0.288 e. The second kappa shape index (κ2) is 4.78. The Morgan fingerprint density at radius 3 is 2.63 bits per heavy atom. The summed E-state index contributed by atoms with van der Waals surface area (Å²) in [5, 5.41) is 1.08. The lowest BCUT2D eigenvalue weighted by molar-refractivity contribution is 0.103. The zero-order valence-electron chi connectivity index (χ0n) is 9.88. The van der Waals surface area contributed by atoms with Crippen molar-refractivity contribution < 1.29 is 4.79 Å². The predicted molar refractivity (Wildman–Crippen MR) is 74.4 cm³/mol. The van der Waals surface area contributed by atoms with Crippen molar-refractivity contribution in [2.75, 3.05) is 0 Å². The lowest BCUT2D eigenvalue weighted by Crippen LogP contribution is -2.03. The molecule has 0 aliphatic carbocycles. The Morgan fingerprint density at radius 1 is 1.05 bits per heavy atom. The van der Waals surface area contributed by atoms with E-state index in [4.69, 9.17) is 11.6 Å². The fourth-order valence-corrected chi connectivity index (χ4v) is 2.19. The highest BCUT2D eigenvalue weighted by molar-refractivity contribution is 6.39. The molecule has 0 aliphatic rings. The van der Waals surface area contributed by atoms with Gasteiger partial charge in [0.15, 0.2) is 5.78 Å². The van der Waals surface area contributed by atoms with Gasteiger partial charge in [-0.15, -0.1) is 0 Å². The van der Waals surface area contributed by atoms with E-state index in [9.17, 15) is 4.79 Å². The van der Waals surface area contributed by atoms with Crippen LogP contribution in [0, 0.1) is 0 Å². The average molecular weight is 269 g/mol. The number of halogens is 1. The summed E-state index contributed by atoms with van der Waals surface area (Å²) in [7, 11) is 0.